The van der Waals surface area contributed by atoms with Crippen molar-refractivity contribution in [2.75, 3.05) is 19.0 Å². The summed E-state index contributed by atoms with van der Waals surface area (Å²) in [5.74, 6) is -0.0778. The molecule has 6 nitrogen and oxygen atoms in total. The largest absolute Gasteiger partial charge is 0.465 e. The van der Waals surface area contributed by atoms with Gasteiger partial charge in [0, 0.05) is 17.8 Å². The third-order valence-corrected chi connectivity index (χ3v) is 4.70. The van der Waals surface area contributed by atoms with E-state index >= 15 is 0 Å². The third-order valence-electron chi connectivity index (χ3n) is 3.57. The van der Waals surface area contributed by atoms with Gasteiger partial charge in [0.15, 0.2) is 0 Å². The molecule has 0 aliphatic carbocycles. The van der Waals surface area contributed by atoms with Gasteiger partial charge in [-0.05, 0) is 25.3 Å². The number of hydrogen-bond donors (Lipinski definition) is 2. The summed E-state index contributed by atoms with van der Waals surface area (Å²) in [5.41, 5.74) is 1.02. The quantitative estimate of drug-likeness (QED) is 0.826. The molecule has 2 rings (SSSR count). The highest BCUT2D eigenvalue weighted by Gasteiger charge is 2.34. The van der Waals surface area contributed by atoms with Crippen molar-refractivity contribution < 1.29 is 19.1 Å². The molecule has 0 saturated heterocycles. The van der Waals surface area contributed by atoms with Gasteiger partial charge >= 0.3 is 12.0 Å². The SMILES string of the molecule is COC(=O)c1c(NC(=O)NCC(C)C)sc2c1CC(C)(C)OC2. The second-order valence-electron chi connectivity index (χ2n) is 6.65. The fourth-order valence-electron chi connectivity index (χ4n) is 2.40. The van der Waals surface area contributed by atoms with E-state index in [1.165, 1.54) is 18.4 Å². The molecule has 1 aromatic rings. The number of nitrogens with one attached hydrogen (secondary N) is 2. The van der Waals surface area contributed by atoms with Gasteiger partial charge in [0.25, 0.3) is 0 Å². The molecule has 2 N–H and O–H groups in total. The number of rotatable bonds is 4. The molecule has 0 aromatic carbocycles. The minimum atomic E-state index is -0.431. The van der Waals surface area contributed by atoms with Crippen LogP contribution in [0.2, 0.25) is 0 Å². The molecule has 2 amide bonds. The van der Waals surface area contributed by atoms with Crippen molar-refractivity contribution in [2.45, 2.75) is 46.3 Å². The number of ether oxygens (including phenoxy) is 2. The minimum absolute atomic E-state index is 0.317. The van der Waals surface area contributed by atoms with Gasteiger partial charge in [-0.15, -0.1) is 11.3 Å². The van der Waals surface area contributed by atoms with Gasteiger partial charge in [-0.3, -0.25) is 5.32 Å². The summed E-state index contributed by atoms with van der Waals surface area (Å²) < 4.78 is 10.7. The Balaban J connectivity index is 2.27. The van der Waals surface area contributed by atoms with Crippen LogP contribution >= 0.6 is 11.3 Å². The molecule has 0 saturated carbocycles. The lowest BCUT2D eigenvalue weighted by atomic mass is 9.93. The Bertz CT molecular complexity index is 607. The van der Waals surface area contributed by atoms with Crippen molar-refractivity contribution >= 4 is 28.3 Å². The number of urea groups is 1. The van der Waals surface area contributed by atoms with Crippen LogP contribution in [0.4, 0.5) is 9.80 Å². The molecule has 0 spiro atoms. The summed E-state index contributed by atoms with van der Waals surface area (Å²) in [4.78, 5) is 25.2. The Hall–Kier alpha value is -1.60. The average Bonchev–Trinajstić information content (AvgIpc) is 2.80. The van der Waals surface area contributed by atoms with E-state index < -0.39 is 5.97 Å². The number of anilines is 1. The Morgan fingerprint density at radius 3 is 2.70 bits per heavy atom. The molecule has 1 aliphatic heterocycles. The number of hydrogen-bond acceptors (Lipinski definition) is 5. The number of carbonyl (C=O) groups excluding carboxylic acids is 2. The van der Waals surface area contributed by atoms with Crippen molar-refractivity contribution in [3.63, 3.8) is 0 Å². The Labute approximate surface area is 140 Å². The molecule has 7 heteroatoms. The van der Waals surface area contributed by atoms with E-state index in [4.69, 9.17) is 9.47 Å². The number of carbonyl (C=O) groups is 2. The number of methoxy groups -OCH3 is 1. The van der Waals surface area contributed by atoms with E-state index in [9.17, 15) is 9.59 Å². The van der Waals surface area contributed by atoms with Gasteiger partial charge in [0.2, 0.25) is 0 Å². The summed E-state index contributed by atoms with van der Waals surface area (Å²) in [6, 6.07) is -0.317. The van der Waals surface area contributed by atoms with Crippen LogP contribution in [0, 0.1) is 5.92 Å². The van der Waals surface area contributed by atoms with E-state index in [2.05, 4.69) is 10.6 Å². The van der Waals surface area contributed by atoms with E-state index in [1.807, 2.05) is 27.7 Å². The summed E-state index contributed by atoms with van der Waals surface area (Å²) >= 11 is 1.37. The zero-order valence-electron chi connectivity index (χ0n) is 14.2. The fraction of sp³-hybridized carbons (Fsp3) is 0.625. The second kappa shape index (κ2) is 6.88. The van der Waals surface area contributed by atoms with Gasteiger partial charge in [0.1, 0.15) is 5.00 Å². The molecule has 0 radical (unpaired) electrons. The van der Waals surface area contributed by atoms with E-state index in [0.29, 0.717) is 36.1 Å². The fourth-order valence-corrected chi connectivity index (χ4v) is 3.52. The maximum Gasteiger partial charge on any atom is 0.341 e. The first-order valence-electron chi connectivity index (χ1n) is 7.65. The summed E-state index contributed by atoms with van der Waals surface area (Å²) in [5, 5.41) is 6.08. The van der Waals surface area contributed by atoms with Crippen LogP contribution in [0.25, 0.3) is 0 Å². The van der Waals surface area contributed by atoms with Crippen molar-refractivity contribution in [1.82, 2.24) is 5.32 Å². The molecule has 2 heterocycles. The van der Waals surface area contributed by atoms with Gasteiger partial charge in [-0.2, -0.15) is 0 Å². The summed E-state index contributed by atoms with van der Waals surface area (Å²) in [6.07, 6.45) is 0.610. The molecule has 1 aliphatic rings. The van der Waals surface area contributed by atoms with Crippen LogP contribution in [-0.4, -0.2) is 31.3 Å². The lowest BCUT2D eigenvalue weighted by Crippen LogP contribution is -2.32. The molecule has 128 valence electrons. The highest BCUT2D eigenvalue weighted by molar-refractivity contribution is 7.17. The topological polar surface area (TPSA) is 76.7 Å². The minimum Gasteiger partial charge on any atom is -0.465 e. The average molecular weight is 340 g/mol. The lowest BCUT2D eigenvalue weighted by Gasteiger charge is -2.30. The normalized spacial score (nSPS) is 15.9. The van der Waals surface area contributed by atoms with E-state index in [-0.39, 0.29) is 11.6 Å². The molecule has 0 atom stereocenters. The zero-order chi connectivity index (χ0) is 17.2. The lowest BCUT2D eigenvalue weighted by molar-refractivity contribution is -0.0384. The van der Waals surface area contributed by atoms with E-state index in [0.717, 1.165) is 10.4 Å². The van der Waals surface area contributed by atoms with Crippen molar-refractivity contribution in [3.05, 3.63) is 16.0 Å². The highest BCUT2D eigenvalue weighted by Crippen LogP contribution is 2.40. The van der Waals surface area contributed by atoms with Gasteiger partial charge in [0.05, 0.1) is 24.9 Å². The molecule has 0 unspecified atom stereocenters. The van der Waals surface area contributed by atoms with Crippen LogP contribution in [0.1, 0.15) is 48.5 Å². The Morgan fingerprint density at radius 2 is 2.09 bits per heavy atom. The third kappa shape index (κ3) is 4.23. The second-order valence-corrected chi connectivity index (χ2v) is 7.76. The first-order chi connectivity index (χ1) is 10.7. The highest BCUT2D eigenvalue weighted by atomic mass is 32.1. The molecule has 0 fully saturated rings. The van der Waals surface area contributed by atoms with E-state index in [1.54, 1.807) is 0 Å². The first kappa shape index (κ1) is 17.7. The predicted molar refractivity (Wildman–Crippen MR) is 90.1 cm³/mol. The first-order valence-corrected chi connectivity index (χ1v) is 8.47. The van der Waals surface area contributed by atoms with Crippen molar-refractivity contribution in [3.8, 4) is 0 Å². The number of fused-ring (bicyclic) bond motifs is 1. The van der Waals surface area contributed by atoms with Crippen LogP contribution in [0.3, 0.4) is 0 Å². The maximum absolute atomic E-state index is 12.2. The Kier molecular flexibility index (Phi) is 5.31. The maximum atomic E-state index is 12.2. The predicted octanol–water partition coefficient (Wildman–Crippen LogP) is 3.16. The van der Waals surface area contributed by atoms with Gasteiger partial charge in [-0.25, -0.2) is 9.59 Å². The van der Waals surface area contributed by atoms with Crippen LogP contribution in [0.15, 0.2) is 0 Å². The number of thiophene rings is 1. The Morgan fingerprint density at radius 1 is 1.39 bits per heavy atom. The van der Waals surface area contributed by atoms with Crippen LogP contribution in [0.5, 0.6) is 0 Å². The summed E-state index contributed by atoms with van der Waals surface area (Å²) in [6.45, 7) is 9.01. The number of amides is 2. The van der Waals surface area contributed by atoms with Gasteiger partial charge < -0.3 is 14.8 Å². The van der Waals surface area contributed by atoms with Crippen LogP contribution < -0.4 is 10.6 Å². The van der Waals surface area contributed by atoms with Crippen LogP contribution in [-0.2, 0) is 22.5 Å². The smallest absolute Gasteiger partial charge is 0.341 e. The number of esters is 1. The molecule has 0 bridgehead atoms. The van der Waals surface area contributed by atoms with Gasteiger partial charge in [-0.1, -0.05) is 13.8 Å². The molecule has 23 heavy (non-hydrogen) atoms. The summed E-state index contributed by atoms with van der Waals surface area (Å²) in [7, 11) is 1.35. The zero-order valence-corrected chi connectivity index (χ0v) is 15.1. The van der Waals surface area contributed by atoms with Crippen molar-refractivity contribution in [2.24, 2.45) is 5.92 Å². The standard InChI is InChI=1S/C16H24N2O4S/c1-9(2)7-17-15(20)18-13-12(14(19)21-5)10-6-16(3,4)22-8-11(10)23-13/h9H,6-8H2,1-5H3,(H2,17,18,20). The molecular formula is C16H24N2O4S. The molecule has 1 aromatic heterocycles. The van der Waals surface area contributed by atoms with Crippen molar-refractivity contribution in [1.29, 1.82) is 0 Å². The molecular weight excluding hydrogens is 316 g/mol. The monoisotopic (exact) mass is 340 g/mol.